The highest BCUT2D eigenvalue weighted by Crippen LogP contribution is 2.36. The molecule has 0 aliphatic heterocycles. The minimum Gasteiger partial charge on any atom is -0.311 e. The zero-order valence-corrected chi connectivity index (χ0v) is 14.6. The summed E-state index contributed by atoms with van der Waals surface area (Å²) >= 11 is 0. The second-order valence-corrected chi connectivity index (χ2v) is 8.31. The fourth-order valence-corrected chi connectivity index (χ4v) is 3.98. The van der Waals surface area contributed by atoms with Crippen molar-refractivity contribution >= 4 is 0 Å². The van der Waals surface area contributed by atoms with Gasteiger partial charge < -0.3 is 5.32 Å². The summed E-state index contributed by atoms with van der Waals surface area (Å²) in [5, 5.41) is 3.93. The molecule has 0 bridgehead atoms. The maximum atomic E-state index is 3.93. The molecule has 2 atom stereocenters. The largest absolute Gasteiger partial charge is 0.311 e. The van der Waals surface area contributed by atoms with Crippen LogP contribution in [0.2, 0.25) is 0 Å². The van der Waals surface area contributed by atoms with E-state index in [2.05, 4.69) is 70.3 Å². The Labute approximate surface area is 131 Å². The molecule has 0 aromatic heterocycles. The van der Waals surface area contributed by atoms with Crippen LogP contribution in [0.3, 0.4) is 0 Å². The molecular formula is C20H33N. The number of benzene rings is 1. The average molecular weight is 287 g/mol. The summed E-state index contributed by atoms with van der Waals surface area (Å²) in [5.74, 6) is 0. The summed E-state index contributed by atoms with van der Waals surface area (Å²) in [7, 11) is 0. The maximum Gasteiger partial charge on any atom is 0.0121 e. The number of rotatable bonds is 5. The van der Waals surface area contributed by atoms with Crippen molar-refractivity contribution in [2.75, 3.05) is 0 Å². The van der Waals surface area contributed by atoms with Crippen LogP contribution in [0, 0.1) is 5.41 Å². The van der Waals surface area contributed by atoms with Crippen LogP contribution < -0.4 is 5.32 Å². The minimum atomic E-state index is 0.229. The molecule has 2 unspecified atom stereocenters. The Balaban J connectivity index is 1.96. The van der Waals surface area contributed by atoms with E-state index in [1.807, 2.05) is 0 Å². The van der Waals surface area contributed by atoms with E-state index in [-0.39, 0.29) is 5.41 Å². The van der Waals surface area contributed by atoms with Crippen molar-refractivity contribution in [3.05, 3.63) is 35.9 Å². The molecule has 1 aliphatic rings. The summed E-state index contributed by atoms with van der Waals surface area (Å²) in [4.78, 5) is 0. The van der Waals surface area contributed by atoms with E-state index in [9.17, 15) is 0 Å². The standard InChI is InChI=1S/C20H33N/c1-16(21-18-13-9-10-14-19(18,2)3)15-20(4,5)17-11-7-6-8-12-17/h6-8,11-12,16,18,21H,9-10,13-15H2,1-5H3. The van der Waals surface area contributed by atoms with Gasteiger partial charge in [-0.3, -0.25) is 0 Å². The van der Waals surface area contributed by atoms with Crippen LogP contribution in [0.4, 0.5) is 0 Å². The Morgan fingerprint density at radius 2 is 1.86 bits per heavy atom. The van der Waals surface area contributed by atoms with E-state index in [0.717, 1.165) is 0 Å². The highest BCUT2D eigenvalue weighted by molar-refractivity contribution is 5.23. The second kappa shape index (κ2) is 6.52. The molecule has 0 amide bonds. The van der Waals surface area contributed by atoms with Crippen molar-refractivity contribution in [1.82, 2.24) is 5.32 Å². The molecule has 0 saturated heterocycles. The molecule has 0 spiro atoms. The Hall–Kier alpha value is -0.820. The highest BCUT2D eigenvalue weighted by atomic mass is 15.0. The van der Waals surface area contributed by atoms with Gasteiger partial charge in [0, 0.05) is 12.1 Å². The SMILES string of the molecule is CC(CC(C)(C)c1ccccc1)NC1CCCCC1(C)C. The minimum absolute atomic E-state index is 0.229. The Morgan fingerprint density at radius 3 is 2.48 bits per heavy atom. The van der Waals surface area contributed by atoms with Crippen molar-refractivity contribution in [2.45, 2.75) is 84.2 Å². The van der Waals surface area contributed by atoms with Gasteiger partial charge in [-0.05, 0) is 42.6 Å². The average Bonchev–Trinajstić information content (AvgIpc) is 2.41. The van der Waals surface area contributed by atoms with Crippen molar-refractivity contribution in [3.63, 3.8) is 0 Å². The smallest absolute Gasteiger partial charge is 0.0121 e. The molecule has 1 aliphatic carbocycles. The van der Waals surface area contributed by atoms with Crippen LogP contribution in [0.25, 0.3) is 0 Å². The Morgan fingerprint density at radius 1 is 1.19 bits per heavy atom. The summed E-state index contributed by atoms with van der Waals surface area (Å²) in [6.45, 7) is 12.0. The van der Waals surface area contributed by atoms with Gasteiger partial charge in [-0.15, -0.1) is 0 Å². The molecule has 0 radical (unpaired) electrons. The van der Waals surface area contributed by atoms with Gasteiger partial charge in [0.2, 0.25) is 0 Å². The van der Waals surface area contributed by atoms with E-state index in [0.29, 0.717) is 17.5 Å². The maximum absolute atomic E-state index is 3.93. The van der Waals surface area contributed by atoms with Gasteiger partial charge in [0.15, 0.2) is 0 Å². The molecule has 1 nitrogen and oxygen atoms in total. The van der Waals surface area contributed by atoms with Crippen LogP contribution in [0.15, 0.2) is 30.3 Å². The van der Waals surface area contributed by atoms with E-state index < -0.39 is 0 Å². The molecule has 0 heterocycles. The van der Waals surface area contributed by atoms with Crippen molar-refractivity contribution in [2.24, 2.45) is 5.41 Å². The zero-order valence-electron chi connectivity index (χ0n) is 14.6. The summed E-state index contributed by atoms with van der Waals surface area (Å²) in [6.07, 6.45) is 6.66. The lowest BCUT2D eigenvalue weighted by Crippen LogP contribution is -2.49. The first-order valence-electron chi connectivity index (χ1n) is 8.63. The van der Waals surface area contributed by atoms with Gasteiger partial charge in [0.05, 0.1) is 0 Å². The number of hydrogen-bond acceptors (Lipinski definition) is 1. The van der Waals surface area contributed by atoms with E-state index >= 15 is 0 Å². The van der Waals surface area contributed by atoms with Gasteiger partial charge in [-0.1, -0.05) is 70.9 Å². The van der Waals surface area contributed by atoms with Gasteiger partial charge in [-0.2, -0.15) is 0 Å². The molecule has 1 heteroatoms. The van der Waals surface area contributed by atoms with Crippen LogP contribution in [-0.2, 0) is 5.41 Å². The lowest BCUT2D eigenvalue weighted by molar-refractivity contribution is 0.151. The summed E-state index contributed by atoms with van der Waals surface area (Å²) in [6, 6.07) is 12.2. The van der Waals surface area contributed by atoms with Crippen molar-refractivity contribution in [1.29, 1.82) is 0 Å². The molecule has 1 aromatic carbocycles. The first-order chi connectivity index (χ1) is 9.81. The quantitative estimate of drug-likeness (QED) is 0.774. The molecule has 1 N–H and O–H groups in total. The number of nitrogens with one attached hydrogen (secondary N) is 1. The predicted molar refractivity (Wildman–Crippen MR) is 92.7 cm³/mol. The van der Waals surface area contributed by atoms with Crippen LogP contribution in [0.5, 0.6) is 0 Å². The van der Waals surface area contributed by atoms with Gasteiger partial charge in [-0.25, -0.2) is 0 Å². The number of hydrogen-bond donors (Lipinski definition) is 1. The van der Waals surface area contributed by atoms with E-state index in [1.54, 1.807) is 0 Å². The summed E-state index contributed by atoms with van der Waals surface area (Å²) in [5.41, 5.74) is 2.12. The molecule has 1 fully saturated rings. The molecular weight excluding hydrogens is 254 g/mol. The van der Waals surface area contributed by atoms with E-state index in [1.165, 1.54) is 37.7 Å². The monoisotopic (exact) mass is 287 g/mol. The lowest BCUT2D eigenvalue weighted by Gasteiger charge is -2.42. The van der Waals surface area contributed by atoms with Crippen molar-refractivity contribution < 1.29 is 0 Å². The molecule has 2 rings (SSSR count). The zero-order chi connectivity index (χ0) is 15.5. The molecule has 1 aromatic rings. The molecule has 118 valence electrons. The van der Waals surface area contributed by atoms with Crippen LogP contribution in [0.1, 0.15) is 72.3 Å². The van der Waals surface area contributed by atoms with Gasteiger partial charge >= 0.3 is 0 Å². The first-order valence-corrected chi connectivity index (χ1v) is 8.63. The Kier molecular flexibility index (Phi) is 5.14. The van der Waals surface area contributed by atoms with Crippen LogP contribution >= 0.6 is 0 Å². The Bertz CT molecular complexity index is 432. The molecule has 1 saturated carbocycles. The lowest BCUT2D eigenvalue weighted by atomic mass is 9.72. The fourth-order valence-electron chi connectivity index (χ4n) is 3.98. The third-order valence-corrected chi connectivity index (χ3v) is 5.36. The third kappa shape index (κ3) is 4.32. The normalized spacial score (nSPS) is 23.8. The summed E-state index contributed by atoms with van der Waals surface area (Å²) < 4.78 is 0. The molecule has 21 heavy (non-hydrogen) atoms. The van der Waals surface area contributed by atoms with Gasteiger partial charge in [0.1, 0.15) is 0 Å². The third-order valence-electron chi connectivity index (χ3n) is 5.36. The van der Waals surface area contributed by atoms with Crippen molar-refractivity contribution in [3.8, 4) is 0 Å². The van der Waals surface area contributed by atoms with E-state index in [4.69, 9.17) is 0 Å². The van der Waals surface area contributed by atoms with Crippen LogP contribution in [-0.4, -0.2) is 12.1 Å². The topological polar surface area (TPSA) is 12.0 Å². The first kappa shape index (κ1) is 16.5. The van der Waals surface area contributed by atoms with Gasteiger partial charge in [0.25, 0.3) is 0 Å². The predicted octanol–water partition coefficient (Wildman–Crippen LogP) is 5.30. The fraction of sp³-hybridized carbons (Fsp3) is 0.700. The highest BCUT2D eigenvalue weighted by Gasteiger charge is 2.33. The second-order valence-electron chi connectivity index (χ2n) is 8.31.